The highest BCUT2D eigenvalue weighted by molar-refractivity contribution is 7.84. The summed E-state index contributed by atoms with van der Waals surface area (Å²) in [4.78, 5) is 3.92. The summed E-state index contributed by atoms with van der Waals surface area (Å²) in [5.74, 6) is 0.740. The van der Waals surface area contributed by atoms with E-state index >= 15 is 0 Å². The predicted molar refractivity (Wildman–Crippen MR) is 63.9 cm³/mol. The molecule has 0 fully saturated rings. The van der Waals surface area contributed by atoms with Crippen LogP contribution < -0.4 is 5.73 Å². The van der Waals surface area contributed by atoms with Gasteiger partial charge in [-0.2, -0.15) is 5.26 Å². The third-order valence-corrected chi connectivity index (χ3v) is 3.55. The van der Waals surface area contributed by atoms with E-state index in [9.17, 15) is 4.21 Å². The molecule has 16 heavy (non-hydrogen) atoms. The number of pyridine rings is 1. The maximum absolute atomic E-state index is 11.8. The average molecular weight is 237 g/mol. The van der Waals surface area contributed by atoms with Crippen LogP contribution in [0.4, 0.5) is 0 Å². The first-order valence-electron chi connectivity index (χ1n) is 4.90. The van der Waals surface area contributed by atoms with Crippen molar-refractivity contribution in [2.24, 2.45) is 5.73 Å². The maximum Gasteiger partial charge on any atom is 0.144 e. The van der Waals surface area contributed by atoms with Crippen LogP contribution in [0, 0.1) is 11.3 Å². The van der Waals surface area contributed by atoms with Crippen LogP contribution in [-0.4, -0.2) is 20.5 Å². The van der Waals surface area contributed by atoms with E-state index in [1.54, 1.807) is 18.3 Å². The highest BCUT2D eigenvalue weighted by atomic mass is 32.2. The molecule has 0 saturated heterocycles. The first-order valence-corrected chi connectivity index (χ1v) is 6.39. The summed E-state index contributed by atoms with van der Waals surface area (Å²) in [6.07, 6.45) is 1.55. The fraction of sp³-hybridized carbons (Fsp3) is 0.455. The molecule has 0 radical (unpaired) electrons. The molecule has 0 aliphatic rings. The van der Waals surface area contributed by atoms with Crippen LogP contribution in [0.5, 0.6) is 0 Å². The molecule has 4 nitrogen and oxygen atoms in total. The molecular formula is C11H15N3OS. The van der Waals surface area contributed by atoms with Gasteiger partial charge in [-0.3, -0.25) is 4.21 Å². The maximum atomic E-state index is 11.8. The Morgan fingerprint density at radius 2 is 2.31 bits per heavy atom. The van der Waals surface area contributed by atoms with E-state index in [-0.39, 0.29) is 0 Å². The number of nitrogens with zero attached hydrogens (tertiary/aromatic N) is 2. The highest BCUT2D eigenvalue weighted by Gasteiger charge is 2.16. The second kappa shape index (κ2) is 5.19. The first-order chi connectivity index (χ1) is 7.42. The van der Waals surface area contributed by atoms with E-state index in [4.69, 9.17) is 11.0 Å². The van der Waals surface area contributed by atoms with Crippen molar-refractivity contribution in [2.75, 3.05) is 5.75 Å². The Balaban J connectivity index is 2.75. The van der Waals surface area contributed by atoms with Gasteiger partial charge in [-0.1, -0.05) is 6.07 Å². The minimum atomic E-state index is -1.07. The molecule has 1 unspecified atom stereocenters. The molecule has 0 saturated carbocycles. The third kappa shape index (κ3) is 4.09. The van der Waals surface area contributed by atoms with E-state index in [0.29, 0.717) is 22.8 Å². The molecule has 0 aromatic carbocycles. The fourth-order valence-electron chi connectivity index (χ4n) is 1.30. The van der Waals surface area contributed by atoms with E-state index in [1.807, 2.05) is 19.9 Å². The van der Waals surface area contributed by atoms with Crippen LogP contribution in [0.15, 0.2) is 18.3 Å². The zero-order chi connectivity index (χ0) is 12.2. The van der Waals surface area contributed by atoms with Gasteiger partial charge < -0.3 is 5.73 Å². The van der Waals surface area contributed by atoms with Crippen molar-refractivity contribution >= 4 is 10.8 Å². The van der Waals surface area contributed by atoms with Crippen LogP contribution in [0.2, 0.25) is 0 Å². The largest absolute Gasteiger partial charge is 0.325 e. The summed E-state index contributed by atoms with van der Waals surface area (Å²) < 4.78 is 11.8. The van der Waals surface area contributed by atoms with Crippen molar-refractivity contribution in [3.63, 3.8) is 0 Å². The van der Waals surface area contributed by atoms with Gasteiger partial charge in [-0.15, -0.1) is 0 Å². The molecule has 0 bridgehead atoms. The summed E-state index contributed by atoms with van der Waals surface area (Å²) in [5, 5.41) is 8.83. The van der Waals surface area contributed by atoms with Gasteiger partial charge in [-0.05, 0) is 19.9 Å². The number of nitriles is 1. The van der Waals surface area contributed by atoms with E-state index in [1.165, 1.54) is 0 Å². The average Bonchev–Trinajstić information content (AvgIpc) is 2.15. The van der Waals surface area contributed by atoms with Gasteiger partial charge in [0.25, 0.3) is 0 Å². The second-order valence-electron chi connectivity index (χ2n) is 4.34. The smallest absolute Gasteiger partial charge is 0.144 e. The molecule has 0 amide bonds. The van der Waals surface area contributed by atoms with Gasteiger partial charge in [0.05, 0.1) is 5.75 Å². The number of hydrogen-bond acceptors (Lipinski definition) is 4. The fourth-order valence-corrected chi connectivity index (χ4v) is 2.81. The number of hydrogen-bond donors (Lipinski definition) is 1. The lowest BCUT2D eigenvalue weighted by Gasteiger charge is -2.17. The Bertz CT molecular complexity index is 432. The Morgan fingerprint density at radius 3 is 2.88 bits per heavy atom. The van der Waals surface area contributed by atoms with E-state index in [2.05, 4.69) is 4.98 Å². The first kappa shape index (κ1) is 12.8. The molecular weight excluding hydrogens is 222 g/mol. The van der Waals surface area contributed by atoms with Gasteiger partial charge in [0.2, 0.25) is 0 Å². The van der Waals surface area contributed by atoms with Crippen molar-refractivity contribution in [3.8, 4) is 6.07 Å². The minimum Gasteiger partial charge on any atom is -0.325 e. The summed E-state index contributed by atoms with van der Waals surface area (Å²) in [6.45, 7) is 3.67. The Morgan fingerprint density at radius 1 is 1.62 bits per heavy atom. The molecule has 86 valence electrons. The molecule has 0 spiro atoms. The van der Waals surface area contributed by atoms with Gasteiger partial charge in [-0.25, -0.2) is 4.98 Å². The van der Waals surface area contributed by atoms with Crippen molar-refractivity contribution in [2.45, 2.75) is 25.1 Å². The van der Waals surface area contributed by atoms with E-state index in [0.717, 1.165) is 0 Å². The normalized spacial score (nSPS) is 13.1. The zero-order valence-electron chi connectivity index (χ0n) is 9.43. The van der Waals surface area contributed by atoms with Crippen LogP contribution in [0.1, 0.15) is 25.1 Å². The van der Waals surface area contributed by atoms with Crippen molar-refractivity contribution in [3.05, 3.63) is 29.6 Å². The Kier molecular flexibility index (Phi) is 4.16. The molecule has 1 aromatic rings. The summed E-state index contributed by atoms with van der Waals surface area (Å²) in [5.41, 5.74) is 6.38. The minimum absolute atomic E-state index is 0.331. The number of nitrogens with two attached hydrogens (primary N) is 1. The molecule has 1 heterocycles. The van der Waals surface area contributed by atoms with Gasteiger partial charge in [0.15, 0.2) is 0 Å². The monoisotopic (exact) mass is 237 g/mol. The quantitative estimate of drug-likeness (QED) is 0.845. The Hall–Kier alpha value is -1.25. The summed E-state index contributed by atoms with van der Waals surface area (Å²) >= 11 is 0. The van der Waals surface area contributed by atoms with Gasteiger partial charge in [0, 0.05) is 33.9 Å². The lowest BCUT2D eigenvalue weighted by atomic mass is 10.1. The predicted octanol–water partition coefficient (Wildman–Crippen LogP) is 0.939. The molecule has 1 aromatic heterocycles. The van der Waals surface area contributed by atoms with Gasteiger partial charge >= 0.3 is 0 Å². The summed E-state index contributed by atoms with van der Waals surface area (Å²) in [7, 11) is -1.07. The van der Waals surface area contributed by atoms with Crippen LogP contribution >= 0.6 is 0 Å². The lowest BCUT2D eigenvalue weighted by molar-refractivity contribution is 0.577. The summed E-state index contributed by atoms with van der Waals surface area (Å²) in [6, 6.07) is 5.49. The molecule has 2 N–H and O–H groups in total. The number of rotatable bonds is 4. The second-order valence-corrected chi connectivity index (χ2v) is 5.80. The molecule has 0 aliphatic heterocycles. The number of aromatic nitrogens is 1. The highest BCUT2D eigenvalue weighted by Crippen LogP contribution is 2.10. The molecule has 0 aliphatic carbocycles. The molecule has 1 atom stereocenters. The van der Waals surface area contributed by atoms with E-state index < -0.39 is 16.3 Å². The SMILES string of the molecule is CC(C)(N)CS(=O)Cc1cccnc1C#N. The third-order valence-electron chi connectivity index (χ3n) is 1.85. The topological polar surface area (TPSA) is 79.8 Å². The standard InChI is InChI=1S/C11H15N3OS/c1-11(2,13)8-16(15)7-9-4-3-5-14-10(9)6-12/h3-5H,7-8,13H2,1-2H3. The van der Waals surface area contributed by atoms with Crippen molar-refractivity contribution in [1.82, 2.24) is 4.98 Å². The van der Waals surface area contributed by atoms with Crippen LogP contribution in [0.3, 0.4) is 0 Å². The van der Waals surface area contributed by atoms with Crippen molar-refractivity contribution in [1.29, 1.82) is 5.26 Å². The van der Waals surface area contributed by atoms with Crippen molar-refractivity contribution < 1.29 is 4.21 Å². The Labute approximate surface area is 97.9 Å². The molecule has 5 heteroatoms. The molecule has 1 rings (SSSR count). The zero-order valence-corrected chi connectivity index (χ0v) is 10.3. The van der Waals surface area contributed by atoms with Gasteiger partial charge in [0.1, 0.15) is 11.8 Å². The van der Waals surface area contributed by atoms with Crippen LogP contribution in [-0.2, 0) is 16.6 Å². The lowest BCUT2D eigenvalue weighted by Crippen LogP contribution is -2.38. The van der Waals surface area contributed by atoms with Crippen LogP contribution in [0.25, 0.3) is 0 Å².